The first-order valence-corrected chi connectivity index (χ1v) is 7.00. The molecule has 2 heterocycles. The maximum atomic E-state index is 5.71. The third-order valence-electron chi connectivity index (χ3n) is 2.93. The molecule has 0 aromatic carbocycles. The van der Waals surface area contributed by atoms with E-state index >= 15 is 0 Å². The van der Waals surface area contributed by atoms with E-state index in [2.05, 4.69) is 41.3 Å². The lowest BCUT2D eigenvalue weighted by Crippen LogP contribution is -2.32. The highest BCUT2D eigenvalue weighted by Gasteiger charge is 2.21. The Morgan fingerprint density at radius 1 is 1.50 bits per heavy atom. The zero-order valence-electron chi connectivity index (χ0n) is 11.5. The fraction of sp³-hybridized carbons (Fsp3) is 0.417. The summed E-state index contributed by atoms with van der Waals surface area (Å²) in [5.74, 6) is 5.71. The highest BCUT2D eigenvalue weighted by atomic mass is 79.9. The van der Waals surface area contributed by atoms with E-state index in [1.165, 1.54) is 6.33 Å². The summed E-state index contributed by atoms with van der Waals surface area (Å²) >= 11 is 3.53. The minimum Gasteiger partial charge on any atom is -0.308 e. The standard InChI is InChI=1S/C12H18BrN7/c1-19(2)5-6-20-12(9(13)7-17-20)11(18-14)10-3-4-15-8-16-10/h3-4,7-8,11,18H,5-6,14H2,1-2H3. The SMILES string of the molecule is CN(C)CCn1ncc(Br)c1C(NN)c1ccncn1. The molecule has 0 radical (unpaired) electrons. The maximum absolute atomic E-state index is 5.71. The number of nitrogens with two attached hydrogens (primary N) is 1. The van der Waals surface area contributed by atoms with Crippen molar-refractivity contribution >= 4 is 15.9 Å². The third-order valence-corrected chi connectivity index (χ3v) is 3.54. The molecule has 1 unspecified atom stereocenters. The van der Waals surface area contributed by atoms with Gasteiger partial charge < -0.3 is 4.90 Å². The smallest absolute Gasteiger partial charge is 0.115 e. The van der Waals surface area contributed by atoms with Crippen LogP contribution < -0.4 is 11.3 Å². The molecule has 7 nitrogen and oxygen atoms in total. The number of halogens is 1. The van der Waals surface area contributed by atoms with Crippen LogP contribution in [0.2, 0.25) is 0 Å². The molecule has 0 aliphatic heterocycles. The van der Waals surface area contributed by atoms with Gasteiger partial charge in [0, 0.05) is 12.7 Å². The zero-order chi connectivity index (χ0) is 14.5. The van der Waals surface area contributed by atoms with Gasteiger partial charge in [0.15, 0.2) is 0 Å². The van der Waals surface area contributed by atoms with Crippen molar-refractivity contribution in [2.75, 3.05) is 20.6 Å². The normalized spacial score (nSPS) is 12.8. The molecule has 0 bridgehead atoms. The average molecular weight is 340 g/mol. The Hall–Kier alpha value is -1.35. The van der Waals surface area contributed by atoms with Gasteiger partial charge in [-0.3, -0.25) is 10.5 Å². The first-order valence-electron chi connectivity index (χ1n) is 6.21. The summed E-state index contributed by atoms with van der Waals surface area (Å²) in [6.45, 7) is 1.67. The Balaban J connectivity index is 2.32. The molecule has 0 aliphatic carbocycles. The Kier molecular flexibility index (Phi) is 5.18. The summed E-state index contributed by atoms with van der Waals surface area (Å²) < 4.78 is 2.83. The summed E-state index contributed by atoms with van der Waals surface area (Å²) in [6, 6.07) is 1.59. The van der Waals surface area contributed by atoms with E-state index in [0.29, 0.717) is 0 Å². The predicted molar refractivity (Wildman–Crippen MR) is 79.7 cm³/mol. The van der Waals surface area contributed by atoms with Gasteiger partial charge in [0.1, 0.15) is 12.4 Å². The number of nitrogens with one attached hydrogen (secondary N) is 1. The number of hydrogen-bond acceptors (Lipinski definition) is 6. The molecule has 0 fully saturated rings. The fourth-order valence-corrected chi connectivity index (χ4v) is 2.43. The van der Waals surface area contributed by atoms with E-state index in [1.807, 2.05) is 24.8 Å². The van der Waals surface area contributed by atoms with Crippen molar-refractivity contribution in [3.63, 3.8) is 0 Å². The maximum Gasteiger partial charge on any atom is 0.115 e. The molecule has 0 saturated heterocycles. The summed E-state index contributed by atoms with van der Waals surface area (Å²) in [5.41, 5.74) is 4.55. The van der Waals surface area contributed by atoms with Gasteiger partial charge in [0.25, 0.3) is 0 Å². The molecule has 2 aromatic heterocycles. The quantitative estimate of drug-likeness (QED) is 0.590. The Labute approximate surface area is 126 Å². The van der Waals surface area contributed by atoms with Crippen LogP contribution >= 0.6 is 15.9 Å². The Morgan fingerprint density at radius 2 is 2.30 bits per heavy atom. The number of rotatable bonds is 6. The van der Waals surface area contributed by atoms with Crippen LogP contribution in [-0.2, 0) is 6.54 Å². The van der Waals surface area contributed by atoms with E-state index < -0.39 is 0 Å². The van der Waals surface area contributed by atoms with Crippen LogP contribution in [0.5, 0.6) is 0 Å². The lowest BCUT2D eigenvalue weighted by atomic mass is 10.1. The second-order valence-corrected chi connectivity index (χ2v) is 5.49. The molecular weight excluding hydrogens is 322 g/mol. The van der Waals surface area contributed by atoms with E-state index in [9.17, 15) is 0 Å². The molecule has 108 valence electrons. The van der Waals surface area contributed by atoms with Crippen molar-refractivity contribution in [3.8, 4) is 0 Å². The molecule has 1 atom stereocenters. The topological polar surface area (TPSA) is 84.9 Å². The van der Waals surface area contributed by atoms with Gasteiger partial charge >= 0.3 is 0 Å². The summed E-state index contributed by atoms with van der Waals surface area (Å²) in [6.07, 6.45) is 4.98. The first kappa shape index (κ1) is 15.0. The molecule has 8 heteroatoms. The van der Waals surface area contributed by atoms with Gasteiger partial charge in [-0.1, -0.05) is 0 Å². The average Bonchev–Trinajstić information content (AvgIpc) is 2.80. The van der Waals surface area contributed by atoms with Crippen molar-refractivity contribution in [1.82, 2.24) is 30.1 Å². The van der Waals surface area contributed by atoms with E-state index in [-0.39, 0.29) is 6.04 Å². The van der Waals surface area contributed by atoms with Crippen LogP contribution in [0.15, 0.2) is 29.3 Å². The van der Waals surface area contributed by atoms with Crippen molar-refractivity contribution in [1.29, 1.82) is 0 Å². The molecule has 0 aliphatic rings. The van der Waals surface area contributed by atoms with E-state index in [0.717, 1.165) is 29.0 Å². The third kappa shape index (κ3) is 3.40. The molecule has 2 rings (SSSR count). The number of hydrogen-bond donors (Lipinski definition) is 2. The lowest BCUT2D eigenvalue weighted by Gasteiger charge is -2.19. The molecule has 2 aromatic rings. The summed E-state index contributed by atoms with van der Waals surface area (Å²) in [7, 11) is 4.06. The number of nitrogens with zero attached hydrogens (tertiary/aromatic N) is 5. The van der Waals surface area contributed by atoms with Crippen LogP contribution in [0, 0.1) is 0 Å². The van der Waals surface area contributed by atoms with Crippen molar-refractivity contribution in [2.24, 2.45) is 5.84 Å². The number of hydrazine groups is 1. The summed E-state index contributed by atoms with van der Waals surface area (Å²) in [4.78, 5) is 10.3. The number of aromatic nitrogens is 4. The fourth-order valence-electron chi connectivity index (χ4n) is 1.91. The van der Waals surface area contributed by atoms with Crippen LogP contribution in [0.4, 0.5) is 0 Å². The first-order chi connectivity index (χ1) is 9.63. The number of likely N-dealkylation sites (N-methyl/N-ethyl adjacent to an activating group) is 1. The highest BCUT2D eigenvalue weighted by molar-refractivity contribution is 9.10. The van der Waals surface area contributed by atoms with Gasteiger partial charge in [0.05, 0.1) is 28.6 Å². The minimum absolute atomic E-state index is 0.239. The molecule has 3 N–H and O–H groups in total. The van der Waals surface area contributed by atoms with Crippen LogP contribution in [0.3, 0.4) is 0 Å². The predicted octanol–water partition coefficient (Wildman–Crippen LogP) is 0.550. The minimum atomic E-state index is -0.239. The molecular formula is C12H18BrN7. The molecule has 20 heavy (non-hydrogen) atoms. The molecule has 0 saturated carbocycles. The van der Waals surface area contributed by atoms with Gasteiger partial charge in [-0.15, -0.1) is 0 Å². The Morgan fingerprint density at radius 3 is 2.90 bits per heavy atom. The highest BCUT2D eigenvalue weighted by Crippen LogP contribution is 2.26. The largest absolute Gasteiger partial charge is 0.308 e. The van der Waals surface area contributed by atoms with Gasteiger partial charge in [-0.05, 0) is 36.1 Å². The van der Waals surface area contributed by atoms with Crippen molar-refractivity contribution in [2.45, 2.75) is 12.6 Å². The zero-order valence-corrected chi connectivity index (χ0v) is 13.1. The van der Waals surface area contributed by atoms with Crippen LogP contribution in [0.1, 0.15) is 17.4 Å². The Bertz CT molecular complexity index is 540. The van der Waals surface area contributed by atoms with Gasteiger partial charge in [-0.25, -0.2) is 15.4 Å². The second-order valence-electron chi connectivity index (χ2n) is 4.64. The summed E-state index contributed by atoms with van der Waals surface area (Å²) in [5, 5.41) is 4.39. The van der Waals surface area contributed by atoms with Gasteiger partial charge in [-0.2, -0.15) is 5.10 Å². The van der Waals surface area contributed by atoms with Crippen molar-refractivity contribution < 1.29 is 0 Å². The van der Waals surface area contributed by atoms with E-state index in [1.54, 1.807) is 12.4 Å². The molecule has 0 spiro atoms. The van der Waals surface area contributed by atoms with Crippen LogP contribution in [-0.4, -0.2) is 45.3 Å². The molecule has 0 amide bonds. The monoisotopic (exact) mass is 339 g/mol. The van der Waals surface area contributed by atoms with Crippen LogP contribution in [0.25, 0.3) is 0 Å². The van der Waals surface area contributed by atoms with Gasteiger partial charge in [0.2, 0.25) is 0 Å². The van der Waals surface area contributed by atoms with Crippen molar-refractivity contribution in [3.05, 3.63) is 40.6 Å². The van der Waals surface area contributed by atoms with E-state index in [4.69, 9.17) is 5.84 Å². The second kappa shape index (κ2) is 6.89. The lowest BCUT2D eigenvalue weighted by molar-refractivity contribution is 0.365.